The summed E-state index contributed by atoms with van der Waals surface area (Å²) in [5.74, 6) is -3.21. The van der Waals surface area contributed by atoms with Crippen molar-refractivity contribution in [2.24, 2.45) is 11.8 Å². The minimum absolute atomic E-state index is 0.00847. The molecule has 0 spiro atoms. The van der Waals surface area contributed by atoms with Crippen LogP contribution in [0.5, 0.6) is 0 Å². The maximum atomic E-state index is 14.8. The number of amides is 1. The van der Waals surface area contributed by atoms with Crippen LogP contribution in [-0.4, -0.2) is 101 Å². The monoisotopic (exact) mass is 635 g/mol. The molecule has 14 heteroatoms. The lowest BCUT2D eigenvalue weighted by atomic mass is 9.91. The Morgan fingerprint density at radius 2 is 1.84 bits per heavy atom. The van der Waals surface area contributed by atoms with Gasteiger partial charge in [0.1, 0.15) is 5.82 Å². The van der Waals surface area contributed by atoms with Crippen LogP contribution < -0.4 is 10.2 Å². The number of nitrogens with one attached hydrogen (secondary N) is 1. The van der Waals surface area contributed by atoms with Crippen LogP contribution in [-0.2, 0) is 25.5 Å². The van der Waals surface area contributed by atoms with E-state index in [0.29, 0.717) is 57.8 Å². The average Bonchev–Trinajstić information content (AvgIpc) is 3.44. The number of carbonyl (C=O) groups excluding carboxylic acids is 1. The molecule has 1 aliphatic rings. The lowest BCUT2D eigenvalue weighted by Crippen LogP contribution is -2.44. The number of carboxylic acid groups (broad SMARTS) is 2. The van der Waals surface area contributed by atoms with Crippen molar-refractivity contribution < 1.29 is 43.6 Å². The van der Waals surface area contributed by atoms with Crippen LogP contribution in [0.3, 0.4) is 0 Å². The number of ether oxygens (including phenoxy) is 2. The van der Waals surface area contributed by atoms with E-state index in [2.05, 4.69) is 15.6 Å². The Morgan fingerprint density at radius 1 is 1.16 bits per heavy atom. The van der Waals surface area contributed by atoms with Crippen molar-refractivity contribution >= 4 is 23.5 Å². The molecule has 3 rings (SSSR count). The summed E-state index contributed by atoms with van der Waals surface area (Å²) in [5.41, 5.74) is 1.22. The van der Waals surface area contributed by atoms with E-state index in [0.717, 1.165) is 18.5 Å². The van der Waals surface area contributed by atoms with Crippen molar-refractivity contribution in [3.63, 3.8) is 0 Å². The number of hydrogen-bond donors (Lipinski definition) is 4. The summed E-state index contributed by atoms with van der Waals surface area (Å²) in [6.07, 6.45) is 3.43. The van der Waals surface area contributed by atoms with Gasteiger partial charge in [0.25, 0.3) is 5.91 Å². The smallest absolute Gasteiger partial charge is 0.328 e. The molecule has 45 heavy (non-hydrogen) atoms. The van der Waals surface area contributed by atoms with Crippen LogP contribution in [0.15, 0.2) is 36.4 Å². The third kappa shape index (κ3) is 12.3. The van der Waals surface area contributed by atoms with Gasteiger partial charge in [-0.1, -0.05) is 31.2 Å². The molecule has 3 atom stereocenters. The van der Waals surface area contributed by atoms with Crippen molar-refractivity contribution in [2.45, 2.75) is 58.6 Å². The van der Waals surface area contributed by atoms with Gasteiger partial charge < -0.3 is 35.0 Å². The van der Waals surface area contributed by atoms with Crippen molar-refractivity contribution in [1.82, 2.24) is 20.3 Å². The summed E-state index contributed by atoms with van der Waals surface area (Å²) in [6.45, 7) is 9.04. The normalized spacial score (nSPS) is 17.1. The molecule has 4 N–H and O–H groups in total. The average molecular weight is 636 g/mol. The van der Waals surface area contributed by atoms with Gasteiger partial charge in [-0.05, 0) is 50.7 Å². The number of halogens is 1. The summed E-state index contributed by atoms with van der Waals surface area (Å²) in [5, 5.41) is 38.4. The predicted octanol–water partition coefficient (Wildman–Crippen LogP) is 2.95. The Balaban J connectivity index is 0.000000777. The van der Waals surface area contributed by atoms with E-state index in [1.807, 2.05) is 25.5 Å². The van der Waals surface area contributed by atoms with Crippen molar-refractivity contribution in [1.29, 1.82) is 0 Å². The first-order valence-corrected chi connectivity index (χ1v) is 15.1. The first-order valence-electron chi connectivity index (χ1n) is 15.1. The molecule has 250 valence electrons. The molecule has 2 aromatic rings. The number of rotatable bonds is 16. The number of aromatic nitrogens is 3. The highest BCUT2D eigenvalue weighted by atomic mass is 19.1. The van der Waals surface area contributed by atoms with Crippen molar-refractivity contribution in [3.05, 3.63) is 53.6 Å². The molecule has 1 fully saturated rings. The Kier molecular flexibility index (Phi) is 16.3. The number of hydrogen-bond acceptors (Lipinski definition) is 9. The zero-order valence-corrected chi connectivity index (χ0v) is 26.4. The van der Waals surface area contributed by atoms with E-state index in [9.17, 15) is 23.9 Å². The number of aliphatic hydroxyl groups excluding tert-OH is 1. The summed E-state index contributed by atoms with van der Waals surface area (Å²) in [4.78, 5) is 34.5. The fourth-order valence-corrected chi connectivity index (χ4v) is 4.95. The first-order chi connectivity index (χ1) is 21.5. The molecule has 1 unspecified atom stereocenters. The van der Waals surface area contributed by atoms with Crippen LogP contribution >= 0.6 is 0 Å². The molecule has 0 saturated carbocycles. The molecule has 1 aliphatic heterocycles. The SMILES string of the molecule is CCOCC(O)[C@H]1CNC[C@@H](n2nnc(C(=O)N(CC(C)C)c3ccccc3F)c2CCCCOC)C1.O=C(O)/C=C/C(=O)O. The number of carbonyl (C=O) groups is 3. The molecule has 0 bridgehead atoms. The fourth-order valence-electron chi connectivity index (χ4n) is 4.95. The minimum Gasteiger partial charge on any atom is -0.478 e. The van der Waals surface area contributed by atoms with Gasteiger partial charge in [0.15, 0.2) is 5.69 Å². The van der Waals surface area contributed by atoms with Gasteiger partial charge in [-0.3, -0.25) is 4.79 Å². The zero-order chi connectivity index (χ0) is 33.4. The van der Waals surface area contributed by atoms with Crippen molar-refractivity contribution in [2.75, 3.05) is 51.5 Å². The number of anilines is 1. The molecule has 2 heterocycles. The fraction of sp³-hybridized carbons (Fsp3) is 0.581. The number of unbranched alkanes of at least 4 members (excludes halogenated alkanes) is 1. The Morgan fingerprint density at radius 3 is 2.44 bits per heavy atom. The summed E-state index contributed by atoms with van der Waals surface area (Å²) in [6, 6.07) is 6.24. The number of methoxy groups -OCH3 is 1. The molecule has 0 aliphatic carbocycles. The van der Waals surface area contributed by atoms with E-state index < -0.39 is 23.9 Å². The minimum atomic E-state index is -1.26. The van der Waals surface area contributed by atoms with E-state index in [4.69, 9.17) is 19.7 Å². The third-order valence-electron chi connectivity index (χ3n) is 7.05. The van der Waals surface area contributed by atoms with Crippen LogP contribution in [0, 0.1) is 17.7 Å². The number of aliphatic hydroxyl groups is 1. The van der Waals surface area contributed by atoms with E-state index in [1.54, 1.807) is 25.3 Å². The zero-order valence-electron chi connectivity index (χ0n) is 26.4. The van der Waals surface area contributed by atoms with Crippen LogP contribution in [0.1, 0.15) is 62.3 Å². The Labute approximate surface area is 263 Å². The molecule has 1 aromatic heterocycles. The number of carboxylic acids is 2. The second kappa shape index (κ2) is 19.6. The number of piperidine rings is 1. The van der Waals surface area contributed by atoms with Gasteiger partial charge in [0, 0.05) is 58.0 Å². The number of nitrogens with zero attached hydrogens (tertiary/aromatic N) is 4. The summed E-state index contributed by atoms with van der Waals surface area (Å²) in [7, 11) is 1.67. The quantitative estimate of drug-likeness (QED) is 0.158. The molecule has 1 amide bonds. The standard InChI is InChI=1S/C27H42FN5O4.C4H4O4/c1-5-37-18-25(34)20-14-21(16-29-15-20)33-24(12-8-9-13-36-4)26(30-31-33)27(35)32(17-19(2)3)23-11-7-6-10-22(23)28;5-3(6)1-2-4(7)8/h6-7,10-11,19-21,25,29,34H,5,8-9,12-18H2,1-4H3;1-2H,(H,5,6)(H,7,8)/b;2-1+/t20-,21+,25?;/m1./s1. The molecular weight excluding hydrogens is 589 g/mol. The van der Waals surface area contributed by atoms with Crippen LogP contribution in [0.25, 0.3) is 0 Å². The molecular formula is C31H46FN5O8. The lowest BCUT2D eigenvalue weighted by Gasteiger charge is -2.33. The van der Waals surface area contributed by atoms with E-state index >= 15 is 0 Å². The maximum absolute atomic E-state index is 14.8. The van der Waals surface area contributed by atoms with Gasteiger partial charge in [-0.15, -0.1) is 5.10 Å². The molecule has 13 nitrogen and oxygen atoms in total. The predicted molar refractivity (Wildman–Crippen MR) is 165 cm³/mol. The summed E-state index contributed by atoms with van der Waals surface area (Å²) >= 11 is 0. The van der Waals surface area contributed by atoms with E-state index in [-0.39, 0.29) is 41.8 Å². The first kappa shape index (κ1) is 37.5. The Hall–Kier alpha value is -3.72. The van der Waals surface area contributed by atoms with Gasteiger partial charge in [-0.2, -0.15) is 0 Å². The van der Waals surface area contributed by atoms with Gasteiger partial charge in [0.2, 0.25) is 0 Å². The van der Waals surface area contributed by atoms with Gasteiger partial charge in [0.05, 0.1) is 30.1 Å². The topological polar surface area (TPSA) is 176 Å². The van der Waals surface area contributed by atoms with Crippen molar-refractivity contribution in [3.8, 4) is 0 Å². The largest absolute Gasteiger partial charge is 0.478 e. The Bertz CT molecular complexity index is 1240. The number of para-hydroxylation sites is 1. The van der Waals surface area contributed by atoms with Crippen LogP contribution in [0.2, 0.25) is 0 Å². The third-order valence-corrected chi connectivity index (χ3v) is 7.05. The molecule has 0 radical (unpaired) electrons. The highest BCUT2D eigenvalue weighted by Crippen LogP contribution is 2.28. The number of aliphatic carboxylic acids is 2. The lowest BCUT2D eigenvalue weighted by molar-refractivity contribution is -0.134. The number of benzene rings is 1. The van der Waals surface area contributed by atoms with E-state index in [1.165, 1.54) is 11.0 Å². The molecule has 1 aromatic carbocycles. The second-order valence-corrected chi connectivity index (χ2v) is 11.1. The summed E-state index contributed by atoms with van der Waals surface area (Å²) < 4.78 is 27.2. The maximum Gasteiger partial charge on any atom is 0.328 e. The van der Waals surface area contributed by atoms with Crippen LogP contribution in [0.4, 0.5) is 10.1 Å². The van der Waals surface area contributed by atoms with Gasteiger partial charge >= 0.3 is 11.9 Å². The highest BCUT2D eigenvalue weighted by molar-refractivity contribution is 6.05. The second-order valence-electron chi connectivity index (χ2n) is 11.1. The highest BCUT2D eigenvalue weighted by Gasteiger charge is 2.33. The molecule has 1 saturated heterocycles. The van der Waals surface area contributed by atoms with Gasteiger partial charge in [-0.25, -0.2) is 18.7 Å².